The van der Waals surface area contributed by atoms with Crippen molar-refractivity contribution in [2.45, 2.75) is 25.8 Å². The summed E-state index contributed by atoms with van der Waals surface area (Å²) >= 11 is 0. The molecule has 4 heteroatoms. The van der Waals surface area contributed by atoms with Gasteiger partial charge in [-0.15, -0.1) is 0 Å². The molecule has 0 amide bonds. The zero-order valence-electron chi connectivity index (χ0n) is 11.9. The Balaban J connectivity index is 2.15. The van der Waals surface area contributed by atoms with Crippen LogP contribution in [0.15, 0.2) is 30.3 Å². The Morgan fingerprint density at radius 3 is 2.90 bits per heavy atom. The van der Waals surface area contributed by atoms with Crippen LogP contribution in [0.5, 0.6) is 0 Å². The van der Waals surface area contributed by atoms with Gasteiger partial charge in [-0.1, -0.05) is 6.07 Å². The monoisotopic (exact) mass is 272 g/mol. The minimum absolute atomic E-state index is 0.0245. The number of methoxy groups -OCH3 is 1. The van der Waals surface area contributed by atoms with E-state index in [1.54, 1.807) is 13.2 Å². The molecule has 0 spiro atoms. The summed E-state index contributed by atoms with van der Waals surface area (Å²) in [5.41, 5.74) is 8.45. The van der Waals surface area contributed by atoms with E-state index in [1.807, 2.05) is 31.2 Å². The van der Waals surface area contributed by atoms with Crippen LogP contribution >= 0.6 is 0 Å². The molecule has 0 bridgehead atoms. The fourth-order valence-corrected chi connectivity index (χ4v) is 2.17. The van der Waals surface area contributed by atoms with E-state index in [2.05, 4.69) is 4.98 Å². The maximum absolute atomic E-state index is 12.3. The number of nitrogens with zero attached hydrogens (tertiary/aromatic N) is 1. The molecule has 1 unspecified atom stereocenters. The van der Waals surface area contributed by atoms with E-state index in [1.165, 1.54) is 0 Å². The van der Waals surface area contributed by atoms with Gasteiger partial charge in [0.1, 0.15) is 0 Å². The molecule has 1 heterocycles. The highest BCUT2D eigenvalue weighted by molar-refractivity contribution is 6.02. The molecule has 1 aromatic carbocycles. The van der Waals surface area contributed by atoms with Crippen molar-refractivity contribution in [3.63, 3.8) is 0 Å². The number of carbonyl (C=O) groups is 1. The lowest BCUT2D eigenvalue weighted by Gasteiger charge is -2.11. The van der Waals surface area contributed by atoms with Crippen molar-refractivity contribution < 1.29 is 9.53 Å². The van der Waals surface area contributed by atoms with Crippen molar-refractivity contribution in [3.8, 4) is 0 Å². The molecule has 0 aliphatic heterocycles. The molecule has 2 N–H and O–H groups in total. The Morgan fingerprint density at radius 1 is 1.35 bits per heavy atom. The Kier molecular flexibility index (Phi) is 4.82. The van der Waals surface area contributed by atoms with Crippen LogP contribution in [0.4, 0.5) is 0 Å². The van der Waals surface area contributed by atoms with Crippen molar-refractivity contribution in [1.82, 2.24) is 4.98 Å². The zero-order chi connectivity index (χ0) is 14.5. The van der Waals surface area contributed by atoms with Crippen molar-refractivity contribution in [1.29, 1.82) is 0 Å². The minimum atomic E-state index is -0.471. The van der Waals surface area contributed by atoms with E-state index in [-0.39, 0.29) is 5.78 Å². The molecule has 1 aromatic heterocycles. The summed E-state index contributed by atoms with van der Waals surface area (Å²) in [6.45, 7) is 2.58. The first-order valence-electron chi connectivity index (χ1n) is 6.78. The number of Topliss-reactive ketones (excluding diaryl/α,β-unsaturated/α-hetero) is 1. The summed E-state index contributed by atoms with van der Waals surface area (Å²) in [5.74, 6) is -0.0245. The van der Waals surface area contributed by atoms with Crippen LogP contribution < -0.4 is 5.73 Å². The number of aryl methyl sites for hydroxylation is 1. The molecule has 0 saturated heterocycles. The third kappa shape index (κ3) is 3.40. The van der Waals surface area contributed by atoms with Gasteiger partial charge in [0.25, 0.3) is 0 Å². The minimum Gasteiger partial charge on any atom is -0.385 e. The molecule has 0 saturated carbocycles. The SMILES string of the molecule is COCCCC(N)C(=O)c1ccc2nc(C)ccc2c1. The normalized spacial score (nSPS) is 12.6. The van der Waals surface area contributed by atoms with Gasteiger partial charge in [-0.2, -0.15) is 0 Å². The van der Waals surface area contributed by atoms with E-state index < -0.39 is 6.04 Å². The quantitative estimate of drug-likeness (QED) is 0.648. The van der Waals surface area contributed by atoms with Gasteiger partial charge in [0.2, 0.25) is 0 Å². The van der Waals surface area contributed by atoms with Crippen molar-refractivity contribution in [2.75, 3.05) is 13.7 Å². The Morgan fingerprint density at radius 2 is 2.15 bits per heavy atom. The summed E-state index contributed by atoms with van der Waals surface area (Å²) in [7, 11) is 1.64. The molecular weight excluding hydrogens is 252 g/mol. The third-order valence-electron chi connectivity index (χ3n) is 3.31. The van der Waals surface area contributed by atoms with Gasteiger partial charge in [0.15, 0.2) is 5.78 Å². The van der Waals surface area contributed by atoms with Crippen LogP contribution in [0.3, 0.4) is 0 Å². The van der Waals surface area contributed by atoms with Gasteiger partial charge < -0.3 is 10.5 Å². The largest absolute Gasteiger partial charge is 0.385 e. The van der Waals surface area contributed by atoms with Gasteiger partial charge in [0.05, 0.1) is 11.6 Å². The number of hydrogen-bond donors (Lipinski definition) is 1. The lowest BCUT2D eigenvalue weighted by Crippen LogP contribution is -2.30. The van der Waals surface area contributed by atoms with Gasteiger partial charge in [0, 0.05) is 30.4 Å². The lowest BCUT2D eigenvalue weighted by molar-refractivity contribution is 0.0950. The van der Waals surface area contributed by atoms with Crippen LogP contribution in [0.25, 0.3) is 10.9 Å². The molecule has 0 fully saturated rings. The van der Waals surface area contributed by atoms with Crippen LogP contribution in [-0.4, -0.2) is 30.5 Å². The molecule has 0 aliphatic carbocycles. The number of carbonyl (C=O) groups excluding carboxylic acids is 1. The molecular formula is C16H20N2O2. The highest BCUT2D eigenvalue weighted by Crippen LogP contribution is 2.16. The summed E-state index contributed by atoms with van der Waals surface area (Å²) in [4.78, 5) is 16.7. The van der Waals surface area contributed by atoms with Gasteiger partial charge >= 0.3 is 0 Å². The molecule has 2 rings (SSSR count). The van der Waals surface area contributed by atoms with Gasteiger partial charge in [-0.3, -0.25) is 9.78 Å². The maximum atomic E-state index is 12.3. The Labute approximate surface area is 119 Å². The highest BCUT2D eigenvalue weighted by atomic mass is 16.5. The fourth-order valence-electron chi connectivity index (χ4n) is 2.17. The standard InChI is InChI=1S/C16H20N2O2/c1-11-5-6-12-10-13(7-8-15(12)18-11)16(19)14(17)4-3-9-20-2/h5-8,10,14H,3-4,9,17H2,1-2H3. The number of ether oxygens (including phenoxy) is 1. The van der Waals surface area contributed by atoms with E-state index in [0.717, 1.165) is 23.0 Å². The second-order valence-corrected chi connectivity index (χ2v) is 4.97. The van der Waals surface area contributed by atoms with Crippen molar-refractivity contribution in [2.24, 2.45) is 5.73 Å². The second-order valence-electron chi connectivity index (χ2n) is 4.97. The zero-order valence-corrected chi connectivity index (χ0v) is 11.9. The molecule has 2 aromatic rings. The van der Waals surface area contributed by atoms with Crippen LogP contribution in [0.2, 0.25) is 0 Å². The Bertz CT molecular complexity index is 610. The summed E-state index contributed by atoms with van der Waals surface area (Å²) in [5, 5.41) is 0.963. The number of rotatable bonds is 6. The number of fused-ring (bicyclic) bond motifs is 1. The molecule has 0 radical (unpaired) electrons. The summed E-state index contributed by atoms with van der Waals surface area (Å²) < 4.78 is 4.97. The average molecular weight is 272 g/mol. The number of pyridine rings is 1. The second kappa shape index (κ2) is 6.59. The molecule has 4 nitrogen and oxygen atoms in total. The van der Waals surface area contributed by atoms with Crippen molar-refractivity contribution in [3.05, 3.63) is 41.6 Å². The first-order chi connectivity index (χ1) is 9.61. The van der Waals surface area contributed by atoms with Crippen LogP contribution in [0.1, 0.15) is 28.9 Å². The molecule has 1 atom stereocenters. The van der Waals surface area contributed by atoms with E-state index in [4.69, 9.17) is 10.5 Å². The topological polar surface area (TPSA) is 65.2 Å². The summed E-state index contributed by atoms with van der Waals surface area (Å²) in [6.07, 6.45) is 1.43. The first kappa shape index (κ1) is 14.6. The molecule has 20 heavy (non-hydrogen) atoms. The number of ketones is 1. The first-order valence-corrected chi connectivity index (χ1v) is 6.78. The number of nitrogens with two attached hydrogens (primary N) is 1. The number of aromatic nitrogens is 1. The predicted octanol–water partition coefficient (Wildman–Crippen LogP) is 2.48. The fraction of sp³-hybridized carbons (Fsp3) is 0.375. The van der Waals surface area contributed by atoms with Gasteiger partial charge in [-0.25, -0.2) is 0 Å². The smallest absolute Gasteiger partial charge is 0.179 e. The van der Waals surface area contributed by atoms with E-state index in [9.17, 15) is 4.79 Å². The third-order valence-corrected chi connectivity index (χ3v) is 3.31. The van der Waals surface area contributed by atoms with E-state index in [0.29, 0.717) is 18.6 Å². The lowest BCUT2D eigenvalue weighted by atomic mass is 9.99. The molecule has 0 aliphatic rings. The highest BCUT2D eigenvalue weighted by Gasteiger charge is 2.15. The van der Waals surface area contributed by atoms with Crippen molar-refractivity contribution >= 4 is 16.7 Å². The number of hydrogen-bond acceptors (Lipinski definition) is 4. The summed E-state index contributed by atoms with van der Waals surface area (Å²) in [6, 6.07) is 8.98. The average Bonchev–Trinajstić information content (AvgIpc) is 2.46. The molecule has 106 valence electrons. The van der Waals surface area contributed by atoms with E-state index >= 15 is 0 Å². The van der Waals surface area contributed by atoms with Crippen LogP contribution in [-0.2, 0) is 4.74 Å². The predicted molar refractivity (Wildman–Crippen MR) is 79.9 cm³/mol. The number of benzene rings is 1. The van der Waals surface area contributed by atoms with Crippen LogP contribution in [0, 0.1) is 6.92 Å². The van der Waals surface area contributed by atoms with Gasteiger partial charge in [-0.05, 0) is 44.0 Å². The Hall–Kier alpha value is -1.78. The maximum Gasteiger partial charge on any atom is 0.179 e.